The molecule has 0 unspecified atom stereocenters. The first kappa shape index (κ1) is 12.6. The van der Waals surface area contributed by atoms with Gasteiger partial charge in [0.2, 0.25) is 0 Å². The van der Waals surface area contributed by atoms with E-state index in [1.54, 1.807) is 5.56 Å². The third-order valence-corrected chi connectivity index (χ3v) is 4.68. The lowest BCUT2D eigenvalue weighted by atomic mass is 9.70. The maximum absolute atomic E-state index is 3.48. The van der Waals surface area contributed by atoms with Crippen molar-refractivity contribution >= 4 is 0 Å². The van der Waals surface area contributed by atoms with E-state index >= 15 is 0 Å². The van der Waals surface area contributed by atoms with Crippen LogP contribution in [0.5, 0.6) is 0 Å². The molecular weight excluding hydrogens is 206 g/mol. The average molecular weight is 231 g/mol. The summed E-state index contributed by atoms with van der Waals surface area (Å²) in [5.41, 5.74) is 7.91. The van der Waals surface area contributed by atoms with Gasteiger partial charge in [0.15, 0.2) is 0 Å². The number of benzene rings is 1. The van der Waals surface area contributed by atoms with Crippen molar-refractivity contribution in [1.82, 2.24) is 5.32 Å². The first-order chi connectivity index (χ1) is 7.96. The lowest BCUT2D eigenvalue weighted by Crippen LogP contribution is -2.38. The van der Waals surface area contributed by atoms with Gasteiger partial charge in [-0.3, -0.25) is 0 Å². The summed E-state index contributed by atoms with van der Waals surface area (Å²) >= 11 is 0. The molecule has 1 saturated heterocycles. The van der Waals surface area contributed by atoms with Crippen LogP contribution in [0.25, 0.3) is 0 Å². The summed E-state index contributed by atoms with van der Waals surface area (Å²) in [6.45, 7) is 13.8. The molecule has 1 heterocycles. The van der Waals surface area contributed by atoms with Gasteiger partial charge in [0.1, 0.15) is 0 Å². The van der Waals surface area contributed by atoms with Gasteiger partial charge in [0, 0.05) is 0 Å². The molecule has 17 heavy (non-hydrogen) atoms. The normalized spacial score (nSPS) is 19.4. The molecule has 0 spiro atoms. The van der Waals surface area contributed by atoms with Crippen molar-refractivity contribution in [3.05, 3.63) is 33.9 Å². The van der Waals surface area contributed by atoms with Crippen molar-refractivity contribution in [3.8, 4) is 0 Å². The highest BCUT2D eigenvalue weighted by Gasteiger charge is 2.32. The van der Waals surface area contributed by atoms with Crippen LogP contribution in [-0.2, 0) is 5.41 Å². The Bertz CT molecular complexity index is 399. The summed E-state index contributed by atoms with van der Waals surface area (Å²) in [6, 6.07) is 2.33. The second kappa shape index (κ2) is 4.45. The Hall–Kier alpha value is -0.820. The maximum Gasteiger partial charge on any atom is -0.00405 e. The SMILES string of the molecule is Cc1cc(C)c(C)c(C2(C)CCNCC2)c1C. The molecule has 1 N–H and O–H groups in total. The molecule has 1 aromatic rings. The van der Waals surface area contributed by atoms with E-state index in [0.717, 1.165) is 13.1 Å². The van der Waals surface area contributed by atoms with Crippen molar-refractivity contribution < 1.29 is 0 Å². The molecule has 94 valence electrons. The molecule has 1 heteroatoms. The van der Waals surface area contributed by atoms with Crippen LogP contribution >= 0.6 is 0 Å². The van der Waals surface area contributed by atoms with Gasteiger partial charge >= 0.3 is 0 Å². The fourth-order valence-electron chi connectivity index (χ4n) is 3.35. The van der Waals surface area contributed by atoms with Crippen molar-refractivity contribution in [2.45, 2.75) is 52.9 Å². The number of rotatable bonds is 1. The largest absolute Gasteiger partial charge is 0.317 e. The molecule has 1 fully saturated rings. The summed E-state index contributed by atoms with van der Waals surface area (Å²) in [6.07, 6.45) is 2.52. The van der Waals surface area contributed by atoms with Gasteiger partial charge in [-0.25, -0.2) is 0 Å². The third-order valence-electron chi connectivity index (χ3n) is 4.68. The van der Waals surface area contributed by atoms with E-state index in [0.29, 0.717) is 5.41 Å². The summed E-state index contributed by atoms with van der Waals surface area (Å²) in [5.74, 6) is 0. The van der Waals surface area contributed by atoms with Gasteiger partial charge in [-0.1, -0.05) is 13.0 Å². The van der Waals surface area contributed by atoms with Crippen LogP contribution < -0.4 is 5.32 Å². The van der Waals surface area contributed by atoms with Crippen molar-refractivity contribution in [2.75, 3.05) is 13.1 Å². The zero-order chi connectivity index (χ0) is 12.6. The van der Waals surface area contributed by atoms with Crippen LogP contribution in [0.3, 0.4) is 0 Å². The third kappa shape index (κ3) is 2.13. The predicted octanol–water partition coefficient (Wildman–Crippen LogP) is 3.56. The van der Waals surface area contributed by atoms with Gasteiger partial charge in [-0.15, -0.1) is 0 Å². The minimum atomic E-state index is 0.371. The first-order valence-corrected chi connectivity index (χ1v) is 6.74. The molecule has 2 rings (SSSR count). The fourth-order valence-corrected chi connectivity index (χ4v) is 3.35. The molecule has 0 atom stereocenters. The lowest BCUT2D eigenvalue weighted by Gasteiger charge is -2.38. The monoisotopic (exact) mass is 231 g/mol. The van der Waals surface area contributed by atoms with E-state index in [-0.39, 0.29) is 0 Å². The first-order valence-electron chi connectivity index (χ1n) is 6.74. The molecule has 0 amide bonds. The van der Waals surface area contributed by atoms with E-state index < -0.39 is 0 Å². The van der Waals surface area contributed by atoms with Gasteiger partial charge in [0.05, 0.1) is 0 Å². The number of hydrogen-bond donors (Lipinski definition) is 1. The van der Waals surface area contributed by atoms with Gasteiger partial charge in [-0.05, 0) is 86.9 Å². The van der Waals surface area contributed by atoms with E-state index in [9.17, 15) is 0 Å². The van der Waals surface area contributed by atoms with Crippen LogP contribution in [0, 0.1) is 27.7 Å². The molecule has 1 aliphatic rings. The molecule has 0 aliphatic carbocycles. The summed E-state index contributed by atoms with van der Waals surface area (Å²) < 4.78 is 0. The zero-order valence-electron chi connectivity index (χ0n) is 11.9. The zero-order valence-corrected chi connectivity index (χ0v) is 11.9. The topological polar surface area (TPSA) is 12.0 Å². The predicted molar refractivity (Wildman–Crippen MR) is 74.8 cm³/mol. The van der Waals surface area contributed by atoms with E-state index in [1.807, 2.05) is 0 Å². The Balaban J connectivity index is 2.57. The summed E-state index contributed by atoms with van der Waals surface area (Å²) in [4.78, 5) is 0. The maximum atomic E-state index is 3.48. The molecule has 0 bridgehead atoms. The number of nitrogens with one attached hydrogen (secondary N) is 1. The van der Waals surface area contributed by atoms with Gasteiger partial charge < -0.3 is 5.32 Å². The second-order valence-corrected chi connectivity index (χ2v) is 5.95. The van der Waals surface area contributed by atoms with Gasteiger partial charge in [0.25, 0.3) is 0 Å². The Labute approximate surface area is 106 Å². The number of hydrogen-bond acceptors (Lipinski definition) is 1. The van der Waals surface area contributed by atoms with Crippen LogP contribution in [0.2, 0.25) is 0 Å². The van der Waals surface area contributed by atoms with E-state index in [1.165, 1.54) is 35.1 Å². The van der Waals surface area contributed by atoms with Crippen molar-refractivity contribution in [2.24, 2.45) is 0 Å². The molecule has 0 radical (unpaired) electrons. The molecule has 1 nitrogen and oxygen atoms in total. The van der Waals surface area contributed by atoms with Crippen molar-refractivity contribution in [1.29, 1.82) is 0 Å². The standard InChI is InChI=1S/C16H25N/c1-11-10-12(2)14(4)15(13(11)3)16(5)6-8-17-9-7-16/h10,17H,6-9H2,1-5H3. The highest BCUT2D eigenvalue weighted by Crippen LogP contribution is 2.38. The van der Waals surface area contributed by atoms with Gasteiger partial charge in [-0.2, -0.15) is 0 Å². The second-order valence-electron chi connectivity index (χ2n) is 5.95. The van der Waals surface area contributed by atoms with Crippen LogP contribution in [0.15, 0.2) is 6.07 Å². The van der Waals surface area contributed by atoms with Crippen LogP contribution in [0.1, 0.15) is 47.6 Å². The number of aryl methyl sites for hydroxylation is 2. The summed E-state index contributed by atoms with van der Waals surface area (Å²) in [5, 5.41) is 3.48. The minimum Gasteiger partial charge on any atom is -0.317 e. The molecule has 1 aliphatic heterocycles. The molecule has 1 aromatic carbocycles. The minimum absolute atomic E-state index is 0.371. The highest BCUT2D eigenvalue weighted by molar-refractivity contribution is 5.48. The lowest BCUT2D eigenvalue weighted by molar-refractivity contribution is 0.332. The number of piperidine rings is 1. The molecular formula is C16H25N. The quantitative estimate of drug-likeness (QED) is 0.779. The van der Waals surface area contributed by atoms with E-state index in [4.69, 9.17) is 0 Å². The molecule has 0 saturated carbocycles. The summed E-state index contributed by atoms with van der Waals surface area (Å²) in [7, 11) is 0. The Kier molecular flexibility index (Phi) is 3.31. The van der Waals surface area contributed by atoms with Crippen LogP contribution in [0.4, 0.5) is 0 Å². The Morgan fingerprint density at radius 1 is 0.941 bits per heavy atom. The fraction of sp³-hybridized carbons (Fsp3) is 0.625. The smallest absolute Gasteiger partial charge is 0.00405 e. The van der Waals surface area contributed by atoms with Crippen LogP contribution in [-0.4, -0.2) is 13.1 Å². The molecule has 0 aromatic heterocycles. The van der Waals surface area contributed by atoms with E-state index in [2.05, 4.69) is 46.0 Å². The Morgan fingerprint density at radius 3 is 1.88 bits per heavy atom. The Morgan fingerprint density at radius 2 is 1.41 bits per heavy atom. The van der Waals surface area contributed by atoms with Crippen molar-refractivity contribution in [3.63, 3.8) is 0 Å². The average Bonchev–Trinajstić information content (AvgIpc) is 2.27. The highest BCUT2D eigenvalue weighted by atomic mass is 14.9.